The molecule has 8 aromatic rings. The van der Waals surface area contributed by atoms with E-state index in [0.717, 1.165) is 20.6 Å². The molecule has 0 saturated carbocycles. The number of pyridine rings is 2. The number of nitrogens with zero attached hydrogens (tertiary/aromatic N) is 10. The molecule has 0 spiro atoms. The van der Waals surface area contributed by atoms with Gasteiger partial charge in [0.15, 0.2) is 39.1 Å². The van der Waals surface area contributed by atoms with Gasteiger partial charge in [-0.3, -0.25) is 0 Å². The van der Waals surface area contributed by atoms with Crippen LogP contribution in [0.25, 0.3) is 33.5 Å². The van der Waals surface area contributed by atoms with Crippen LogP contribution in [0.5, 0.6) is 0 Å². The first-order valence-corrected chi connectivity index (χ1v) is 28.6. The van der Waals surface area contributed by atoms with Gasteiger partial charge in [0.05, 0.1) is 59.5 Å². The Hall–Kier alpha value is -5.89. The molecule has 6 aromatic heterocycles. The molecule has 26 heteroatoms. The summed E-state index contributed by atoms with van der Waals surface area (Å²) in [6.07, 6.45) is 6.02. The van der Waals surface area contributed by atoms with Crippen LogP contribution in [0.1, 0.15) is 52.7 Å². The molecule has 78 heavy (non-hydrogen) atoms. The second kappa shape index (κ2) is 22.3. The van der Waals surface area contributed by atoms with Gasteiger partial charge in [-0.05, 0) is 121 Å². The number of hydrogen-bond acceptors (Lipinski definition) is 16. The third-order valence-corrected chi connectivity index (χ3v) is 17.9. The Morgan fingerprint density at radius 3 is 1.55 bits per heavy atom. The Labute approximate surface area is 465 Å². The molecule has 3 saturated heterocycles. The van der Waals surface area contributed by atoms with E-state index in [4.69, 9.17) is 53.6 Å². The van der Waals surface area contributed by atoms with Crippen molar-refractivity contribution in [1.29, 1.82) is 0 Å². The predicted molar refractivity (Wildman–Crippen MR) is 296 cm³/mol. The number of benzene rings is 2. The topological polar surface area (TPSA) is 199 Å². The SMILES string of the molecule is C[C@@H]1COCCN1c1nc(Cl)nc(Cl)c1F.Cc1ccc(S(=O)(=O)n2ccc3c(-c4nc(Cl)c(F)c(N5CCOC[C@H]5C)n4)ccnc32)cc1.Cc1ccc(S(=O)(=O)n2ccc3c(B4OC(C)(C)C(C)(C)O4)ccnc32)cc1. The molecule has 3 aliphatic rings. The number of hydrogen-bond donors (Lipinski definition) is 0. The summed E-state index contributed by atoms with van der Waals surface area (Å²) in [5, 5.41) is 0.572. The molecule has 0 amide bonds. The minimum absolute atomic E-state index is 0.0327. The second-order valence-electron chi connectivity index (χ2n) is 19.8. The van der Waals surface area contributed by atoms with Crippen LogP contribution in [-0.2, 0) is 38.8 Å². The highest BCUT2D eigenvalue weighted by molar-refractivity contribution is 7.90. The van der Waals surface area contributed by atoms with Crippen LogP contribution < -0.4 is 15.3 Å². The van der Waals surface area contributed by atoms with Gasteiger partial charge in [0, 0.05) is 54.2 Å². The van der Waals surface area contributed by atoms with E-state index in [1.54, 1.807) is 82.7 Å². The zero-order chi connectivity index (χ0) is 56.1. The molecule has 11 rings (SSSR count). The quantitative estimate of drug-likeness (QED) is 0.0792. The monoisotopic (exact) mass is 1160 g/mol. The first kappa shape index (κ1) is 56.8. The molecule has 0 bridgehead atoms. The van der Waals surface area contributed by atoms with Gasteiger partial charge in [-0.25, -0.2) is 49.7 Å². The van der Waals surface area contributed by atoms with E-state index < -0.39 is 50.0 Å². The second-order valence-corrected chi connectivity index (χ2v) is 24.5. The van der Waals surface area contributed by atoms with Crippen LogP contribution >= 0.6 is 34.8 Å². The molecule has 0 unspecified atom stereocenters. The maximum atomic E-state index is 14.9. The Balaban J connectivity index is 0.000000151. The average Bonchev–Trinajstić information content (AvgIpc) is 4.19. The van der Waals surface area contributed by atoms with Gasteiger partial charge in [-0.2, -0.15) is 13.8 Å². The summed E-state index contributed by atoms with van der Waals surface area (Å²) in [5.74, 6) is -0.940. The van der Waals surface area contributed by atoms with Gasteiger partial charge in [-0.1, -0.05) is 58.6 Å². The van der Waals surface area contributed by atoms with Gasteiger partial charge in [0.25, 0.3) is 20.0 Å². The van der Waals surface area contributed by atoms with Crippen molar-refractivity contribution in [3.05, 3.63) is 136 Å². The molecule has 3 fully saturated rings. The van der Waals surface area contributed by atoms with E-state index in [9.17, 15) is 25.6 Å². The standard InChI is InChI=1S/C23H21ClFN5O3S.C20H23BN2O4S.C9H10Cl2FN3O/c1-14-3-5-16(6-4-14)34(31,32)30-10-8-18-17(7-9-26-22(18)30)21-27-20(24)19(25)23(28-21)29-11-12-33-13-15(29)2;1-14-6-8-15(9-7-14)28(24,25)23-13-11-16-17(10-12-22-18(16)23)21-26-19(2,3)20(4,5)27-21;1-5-4-16-3-2-15(5)8-6(12)7(10)13-9(11)14-8/h3-10,15H,11-13H2,1-2H3;6-13H,1-5H3;5H,2-4H2,1H3/t15-;;5-/m1.1/s1. The summed E-state index contributed by atoms with van der Waals surface area (Å²) < 4.78 is 107. The van der Waals surface area contributed by atoms with Crippen molar-refractivity contribution in [2.24, 2.45) is 0 Å². The lowest BCUT2D eigenvalue weighted by Gasteiger charge is -2.34. The fourth-order valence-electron chi connectivity index (χ4n) is 8.83. The molecular formula is C52H54BCl3F2N10O8S2. The Kier molecular flexibility index (Phi) is 16.3. The number of ether oxygens (including phenoxy) is 2. The van der Waals surface area contributed by atoms with Gasteiger partial charge >= 0.3 is 7.12 Å². The summed E-state index contributed by atoms with van der Waals surface area (Å²) in [5.41, 5.74) is 2.81. The minimum atomic E-state index is -3.88. The molecule has 9 heterocycles. The minimum Gasteiger partial charge on any atom is -0.399 e. The van der Waals surface area contributed by atoms with Gasteiger partial charge in [0.2, 0.25) is 16.9 Å². The lowest BCUT2D eigenvalue weighted by Crippen LogP contribution is -2.44. The fourth-order valence-corrected chi connectivity index (χ4v) is 12.0. The molecule has 18 nitrogen and oxygen atoms in total. The van der Waals surface area contributed by atoms with Crippen molar-refractivity contribution in [3.8, 4) is 11.4 Å². The lowest BCUT2D eigenvalue weighted by molar-refractivity contribution is 0.00578. The molecule has 0 aliphatic carbocycles. The predicted octanol–water partition coefficient (Wildman–Crippen LogP) is 9.08. The maximum absolute atomic E-state index is 14.9. The number of aromatic nitrogens is 8. The van der Waals surface area contributed by atoms with Gasteiger partial charge < -0.3 is 28.6 Å². The summed E-state index contributed by atoms with van der Waals surface area (Å²) in [6, 6.07) is 20.1. The number of halogens is 5. The van der Waals surface area contributed by atoms with Crippen molar-refractivity contribution in [2.75, 3.05) is 49.3 Å². The molecule has 2 aromatic carbocycles. The van der Waals surface area contributed by atoms with E-state index in [1.165, 1.54) is 22.6 Å². The van der Waals surface area contributed by atoms with Crippen molar-refractivity contribution in [1.82, 2.24) is 37.8 Å². The van der Waals surface area contributed by atoms with E-state index in [1.807, 2.05) is 61.5 Å². The highest BCUT2D eigenvalue weighted by atomic mass is 35.5. The summed E-state index contributed by atoms with van der Waals surface area (Å²) in [6.45, 7) is 18.5. The van der Waals surface area contributed by atoms with Crippen molar-refractivity contribution in [3.63, 3.8) is 0 Å². The van der Waals surface area contributed by atoms with Crippen LogP contribution in [0.4, 0.5) is 20.4 Å². The molecule has 410 valence electrons. The molecule has 0 radical (unpaired) electrons. The third kappa shape index (κ3) is 11.2. The van der Waals surface area contributed by atoms with E-state index in [0.29, 0.717) is 61.5 Å². The highest BCUT2D eigenvalue weighted by Gasteiger charge is 2.52. The molecule has 2 atom stereocenters. The zero-order valence-corrected chi connectivity index (χ0v) is 47.6. The third-order valence-electron chi connectivity index (χ3n) is 13.9. The van der Waals surface area contributed by atoms with Crippen LogP contribution in [0.3, 0.4) is 0 Å². The number of morpholine rings is 2. The summed E-state index contributed by atoms with van der Waals surface area (Å²) >= 11 is 17.4. The molecule has 0 N–H and O–H groups in total. The van der Waals surface area contributed by atoms with Crippen LogP contribution in [0.15, 0.2) is 107 Å². The zero-order valence-electron chi connectivity index (χ0n) is 43.7. The number of aryl methyl sites for hydroxylation is 2. The normalized spacial score (nSPS) is 18.4. The van der Waals surface area contributed by atoms with E-state index in [2.05, 4.69) is 29.9 Å². The summed E-state index contributed by atoms with van der Waals surface area (Å²) in [7, 11) is -8.22. The fraction of sp³-hybridized carbons (Fsp3) is 0.346. The van der Waals surface area contributed by atoms with Crippen molar-refractivity contribution < 1.29 is 44.4 Å². The molecule has 3 aliphatic heterocycles. The van der Waals surface area contributed by atoms with Crippen LogP contribution in [0.2, 0.25) is 15.6 Å². The van der Waals surface area contributed by atoms with E-state index in [-0.39, 0.29) is 60.6 Å². The highest BCUT2D eigenvalue weighted by Crippen LogP contribution is 2.38. The summed E-state index contributed by atoms with van der Waals surface area (Å²) in [4.78, 5) is 28.6. The Morgan fingerprint density at radius 2 is 1.05 bits per heavy atom. The lowest BCUT2D eigenvalue weighted by atomic mass is 9.78. The van der Waals surface area contributed by atoms with Crippen LogP contribution in [0, 0.1) is 25.5 Å². The average molecular weight is 1170 g/mol. The molecular weight excluding hydrogens is 1110 g/mol. The van der Waals surface area contributed by atoms with E-state index >= 15 is 0 Å². The largest absolute Gasteiger partial charge is 0.495 e. The first-order valence-electron chi connectivity index (χ1n) is 24.6. The number of anilines is 2. The van der Waals surface area contributed by atoms with Crippen molar-refractivity contribution in [2.45, 2.75) is 88.5 Å². The van der Waals surface area contributed by atoms with Crippen molar-refractivity contribution >= 4 is 101 Å². The first-order chi connectivity index (χ1) is 36.9. The Morgan fingerprint density at radius 1 is 0.603 bits per heavy atom. The number of rotatable bonds is 8. The smallest absolute Gasteiger partial charge is 0.399 e. The maximum Gasteiger partial charge on any atom is 0.495 e. The van der Waals surface area contributed by atoms with Gasteiger partial charge in [-0.15, -0.1) is 0 Å². The van der Waals surface area contributed by atoms with Gasteiger partial charge in [0.1, 0.15) is 0 Å². The van der Waals surface area contributed by atoms with Crippen LogP contribution in [-0.4, -0.2) is 125 Å². The Bertz CT molecular complexity index is 3750. The number of fused-ring (bicyclic) bond motifs is 2.